The Balaban J connectivity index is 1.26. The highest BCUT2D eigenvalue weighted by molar-refractivity contribution is 6.09. The van der Waals surface area contributed by atoms with Gasteiger partial charge in [-0.3, -0.25) is 18.7 Å². The van der Waals surface area contributed by atoms with Gasteiger partial charge in [-0.1, -0.05) is 116 Å². The Morgan fingerprint density at radius 3 is 2.28 bits per heavy atom. The first-order valence-corrected chi connectivity index (χ1v) is 18.4. The maximum atomic E-state index is 8.74. The van der Waals surface area contributed by atoms with Crippen molar-refractivity contribution in [2.45, 2.75) is 72.6 Å². The largest absolute Gasteiger partial charge is 0.456 e. The number of hydrogen-bond acceptors (Lipinski definition) is 3. The Hall–Kier alpha value is -5.75. The molecule has 8 aromatic rings. The molecule has 0 saturated heterocycles. The fraction of sp³-hybridized carbons (Fsp3) is 0.255. The molecule has 0 radical (unpaired) electrons. The van der Waals surface area contributed by atoms with Gasteiger partial charge in [0.1, 0.15) is 17.3 Å². The minimum absolute atomic E-state index is 0.0264. The Morgan fingerprint density at radius 1 is 0.755 bits per heavy atom. The second kappa shape index (κ2) is 13.0. The van der Waals surface area contributed by atoms with Crippen LogP contribution in [0.25, 0.3) is 50.0 Å². The van der Waals surface area contributed by atoms with E-state index in [2.05, 4.69) is 113 Å². The molecular weight excluding hydrogens is 651 g/mol. The van der Waals surface area contributed by atoms with E-state index in [-0.39, 0.29) is 16.7 Å². The Bertz CT molecular complexity index is 2730. The molecule has 0 fully saturated rings. The molecule has 4 aromatic carbocycles. The van der Waals surface area contributed by atoms with E-state index in [0.717, 1.165) is 55.7 Å². The summed E-state index contributed by atoms with van der Waals surface area (Å²) in [5.41, 5.74) is 7.96. The average molecular weight is 700 g/mol. The van der Waals surface area contributed by atoms with Crippen molar-refractivity contribution in [1.82, 2.24) is 19.1 Å². The molecule has 0 N–H and O–H groups in total. The minimum atomic E-state index is -1.47. The van der Waals surface area contributed by atoms with E-state index < -0.39 is 6.37 Å². The average Bonchev–Trinajstić information content (AvgIpc) is 3.70. The number of pyridine rings is 2. The Morgan fingerprint density at radius 2 is 1.51 bits per heavy atom. The molecule has 0 atom stereocenters. The molecule has 8 rings (SSSR count). The van der Waals surface area contributed by atoms with Gasteiger partial charge in [-0.25, -0.2) is 4.98 Å². The number of benzene rings is 4. The summed E-state index contributed by atoms with van der Waals surface area (Å²) in [6.45, 7) is 16.9. The maximum Gasteiger partial charge on any atom is 0.269 e. The highest BCUT2D eigenvalue weighted by Crippen LogP contribution is 2.38. The van der Waals surface area contributed by atoms with Gasteiger partial charge in [0.2, 0.25) is 0 Å². The third kappa shape index (κ3) is 6.48. The lowest BCUT2D eigenvalue weighted by Crippen LogP contribution is -2.29. The van der Waals surface area contributed by atoms with Gasteiger partial charge in [0.15, 0.2) is 0 Å². The molecule has 0 aliphatic heterocycles. The van der Waals surface area contributed by atoms with Gasteiger partial charge in [0.25, 0.3) is 6.33 Å². The summed E-state index contributed by atoms with van der Waals surface area (Å²) in [5.74, 6) is 2.04. The molecule has 0 amide bonds. The molecule has 53 heavy (non-hydrogen) atoms. The predicted molar refractivity (Wildman–Crippen MR) is 216 cm³/mol. The van der Waals surface area contributed by atoms with Crippen LogP contribution in [0.15, 0.2) is 122 Å². The second-order valence-corrected chi connectivity index (χ2v) is 16.2. The lowest BCUT2D eigenvalue weighted by molar-refractivity contribution is -0.572. The molecular formula is C47H47N5O. The summed E-state index contributed by atoms with van der Waals surface area (Å²) < 4.78 is 30.6. The summed E-state index contributed by atoms with van der Waals surface area (Å²) in [5, 5.41) is 2.28. The van der Waals surface area contributed by atoms with E-state index >= 15 is 0 Å². The highest BCUT2D eigenvalue weighted by Gasteiger charge is 2.24. The first-order valence-electron chi connectivity index (χ1n) is 19.4. The van der Waals surface area contributed by atoms with Crippen LogP contribution < -0.4 is 9.30 Å². The summed E-state index contributed by atoms with van der Waals surface area (Å²) >= 11 is 0. The number of para-hydroxylation sites is 3. The van der Waals surface area contributed by atoms with Crippen LogP contribution in [-0.4, -0.2) is 19.1 Å². The first-order chi connectivity index (χ1) is 26.1. The van der Waals surface area contributed by atoms with Gasteiger partial charge in [-0.05, 0) is 71.8 Å². The number of ether oxygens (including phenoxy) is 1. The third-order valence-corrected chi connectivity index (χ3v) is 9.64. The van der Waals surface area contributed by atoms with Gasteiger partial charge in [-0.2, -0.15) is 0 Å². The molecule has 0 aliphatic rings. The molecule has 4 aromatic heterocycles. The standard InChI is InChI=1S/C47H47N5O/c1-31(2)24-32-14-13-15-34(25-32)50-30-51(41-19-12-11-18-40(41)50)35-27-43(45(49-29-35)47(6,7)8)53-36-20-21-38-37-16-9-10-17-39(37)52(42(38)28-36)44-26-33(22-23-48-44)46(3,4)5/h9-23,25-29,31H,24H2,1-8H3/i24D2. The molecule has 0 aliphatic carbocycles. The summed E-state index contributed by atoms with van der Waals surface area (Å²) in [6, 6.07) is 36.9. The molecule has 0 unspecified atom stereocenters. The lowest BCUT2D eigenvalue weighted by Gasteiger charge is -2.22. The van der Waals surface area contributed by atoms with E-state index in [1.807, 2.05) is 83.9 Å². The maximum absolute atomic E-state index is 8.74. The fourth-order valence-electron chi connectivity index (χ4n) is 7.10. The topological polar surface area (TPSA) is 48.8 Å². The number of hydrogen-bond donors (Lipinski definition) is 0. The molecule has 6 nitrogen and oxygen atoms in total. The molecule has 4 heterocycles. The minimum Gasteiger partial charge on any atom is -0.456 e. The summed E-state index contributed by atoms with van der Waals surface area (Å²) in [7, 11) is 0. The second-order valence-electron chi connectivity index (χ2n) is 16.2. The number of aromatic nitrogens is 5. The van der Waals surface area contributed by atoms with Crippen molar-refractivity contribution in [1.29, 1.82) is 0 Å². The van der Waals surface area contributed by atoms with Crippen molar-refractivity contribution in [3.05, 3.63) is 145 Å². The molecule has 0 spiro atoms. The summed E-state index contributed by atoms with van der Waals surface area (Å²) in [6.07, 6.45) is 5.87. The van der Waals surface area contributed by atoms with Crippen LogP contribution in [-0.2, 0) is 17.2 Å². The van der Waals surface area contributed by atoms with E-state index in [4.69, 9.17) is 17.4 Å². The van der Waals surface area contributed by atoms with Gasteiger partial charge >= 0.3 is 0 Å². The summed E-state index contributed by atoms with van der Waals surface area (Å²) in [4.78, 5) is 9.89. The zero-order valence-corrected chi connectivity index (χ0v) is 31.8. The zero-order chi connectivity index (χ0) is 38.9. The van der Waals surface area contributed by atoms with Gasteiger partial charge < -0.3 is 4.74 Å². The SMILES string of the molecule is [2H]C([2H])(c1cccc(-[n+]2[c-]n(-c3cnc(C(C)(C)C)c(Oc4ccc5c6ccccc6n(-c6cc(C(C)(C)C)ccn6)c5c4)c3)c3ccccc32)c1)C(C)C. The highest BCUT2D eigenvalue weighted by atomic mass is 16.5. The van der Waals surface area contributed by atoms with Crippen molar-refractivity contribution in [3.63, 3.8) is 0 Å². The van der Waals surface area contributed by atoms with Crippen LogP contribution >= 0.6 is 0 Å². The number of rotatable bonds is 7. The van der Waals surface area contributed by atoms with Crippen LogP contribution in [0, 0.1) is 12.2 Å². The van der Waals surface area contributed by atoms with E-state index in [1.165, 1.54) is 5.56 Å². The molecule has 266 valence electrons. The fourth-order valence-corrected chi connectivity index (χ4v) is 7.10. The van der Waals surface area contributed by atoms with Crippen molar-refractivity contribution in [2.75, 3.05) is 0 Å². The molecule has 0 bridgehead atoms. The zero-order valence-electron chi connectivity index (χ0n) is 33.8. The van der Waals surface area contributed by atoms with E-state index in [9.17, 15) is 0 Å². The van der Waals surface area contributed by atoms with Gasteiger partial charge in [-0.15, -0.1) is 0 Å². The van der Waals surface area contributed by atoms with Crippen LogP contribution in [0.4, 0.5) is 0 Å². The quantitative estimate of drug-likeness (QED) is 0.123. The van der Waals surface area contributed by atoms with Crippen molar-refractivity contribution in [3.8, 4) is 28.7 Å². The van der Waals surface area contributed by atoms with Crippen molar-refractivity contribution >= 4 is 32.8 Å². The molecule has 6 heteroatoms. The number of fused-ring (bicyclic) bond motifs is 4. The van der Waals surface area contributed by atoms with E-state index in [1.54, 1.807) is 0 Å². The van der Waals surface area contributed by atoms with Crippen LogP contribution in [0.3, 0.4) is 0 Å². The Kier molecular flexibility index (Phi) is 7.85. The number of imidazole rings is 1. The van der Waals surface area contributed by atoms with Gasteiger partial charge in [0, 0.05) is 37.4 Å². The van der Waals surface area contributed by atoms with Gasteiger partial charge in [0.05, 0.1) is 39.1 Å². The lowest BCUT2D eigenvalue weighted by atomic mass is 9.88. The third-order valence-electron chi connectivity index (χ3n) is 9.64. The number of nitrogens with zero attached hydrogens (tertiary/aromatic N) is 5. The molecule has 0 saturated carbocycles. The monoisotopic (exact) mass is 699 g/mol. The smallest absolute Gasteiger partial charge is 0.269 e. The van der Waals surface area contributed by atoms with E-state index in [0.29, 0.717) is 17.1 Å². The normalized spacial score (nSPS) is 13.2. The Labute approximate surface area is 315 Å². The van der Waals surface area contributed by atoms with Crippen LogP contribution in [0.5, 0.6) is 11.5 Å². The van der Waals surface area contributed by atoms with Crippen molar-refractivity contribution in [2.24, 2.45) is 5.92 Å². The predicted octanol–water partition coefficient (Wildman–Crippen LogP) is 11.2. The van der Waals surface area contributed by atoms with Crippen LogP contribution in [0.2, 0.25) is 0 Å². The van der Waals surface area contributed by atoms with Crippen LogP contribution in [0.1, 0.15) is 75.0 Å². The van der Waals surface area contributed by atoms with Crippen molar-refractivity contribution < 1.29 is 12.0 Å². The first kappa shape index (κ1) is 31.9.